The summed E-state index contributed by atoms with van der Waals surface area (Å²) in [7, 11) is 0. The van der Waals surface area contributed by atoms with Gasteiger partial charge in [-0.05, 0) is 17.5 Å². The van der Waals surface area contributed by atoms with Crippen molar-refractivity contribution in [2.45, 2.75) is 0 Å². The first-order chi connectivity index (χ1) is 10.1. The molecule has 0 bridgehead atoms. The van der Waals surface area contributed by atoms with Gasteiger partial charge < -0.3 is 5.32 Å². The number of halogens is 2. The molecule has 0 saturated heterocycles. The number of hydrogen-bond acceptors (Lipinski definition) is 3. The van der Waals surface area contributed by atoms with Crippen molar-refractivity contribution in [3.8, 4) is 0 Å². The average Bonchev–Trinajstić information content (AvgIpc) is 2.50. The van der Waals surface area contributed by atoms with E-state index in [2.05, 4.69) is 31.2 Å². The Kier molecular flexibility index (Phi) is 3.86. The Balaban J connectivity index is 1.99. The predicted molar refractivity (Wildman–Crippen MR) is 86.6 cm³/mol. The molecular formula is C15H9BrClN3O. The molecular weight excluding hydrogens is 354 g/mol. The first-order valence-electron chi connectivity index (χ1n) is 6.11. The second-order valence-electron chi connectivity index (χ2n) is 4.32. The van der Waals surface area contributed by atoms with Crippen molar-refractivity contribution in [1.82, 2.24) is 9.97 Å². The minimum absolute atomic E-state index is 0.175. The minimum atomic E-state index is -0.350. The van der Waals surface area contributed by atoms with Crippen molar-refractivity contribution in [2.75, 3.05) is 5.32 Å². The number of nitrogens with zero attached hydrogens (tertiary/aromatic N) is 2. The predicted octanol–water partition coefficient (Wildman–Crippen LogP) is 4.30. The molecule has 0 radical (unpaired) electrons. The van der Waals surface area contributed by atoms with Crippen LogP contribution in [0.1, 0.15) is 10.5 Å². The summed E-state index contributed by atoms with van der Waals surface area (Å²) < 4.78 is 0.971. The highest BCUT2D eigenvalue weighted by molar-refractivity contribution is 9.10. The van der Waals surface area contributed by atoms with Gasteiger partial charge >= 0.3 is 0 Å². The number of hydrogen-bond donors (Lipinski definition) is 1. The Morgan fingerprint density at radius 1 is 1.10 bits per heavy atom. The molecule has 0 spiro atoms. The second kappa shape index (κ2) is 5.79. The largest absolute Gasteiger partial charge is 0.320 e. The molecule has 0 atom stereocenters. The molecule has 0 aliphatic carbocycles. The molecule has 0 unspecified atom stereocenters. The van der Waals surface area contributed by atoms with E-state index in [1.165, 1.54) is 12.4 Å². The third-order valence-electron chi connectivity index (χ3n) is 2.96. The SMILES string of the molecule is O=C(Nc1ccc(Br)c2ccccc12)c1cncc(Cl)n1. The minimum Gasteiger partial charge on any atom is -0.320 e. The number of aromatic nitrogens is 2. The van der Waals surface area contributed by atoms with Gasteiger partial charge in [0.05, 0.1) is 12.4 Å². The van der Waals surface area contributed by atoms with E-state index in [0.717, 1.165) is 15.2 Å². The highest BCUT2D eigenvalue weighted by atomic mass is 79.9. The molecule has 1 N–H and O–H groups in total. The van der Waals surface area contributed by atoms with Gasteiger partial charge in [0.25, 0.3) is 5.91 Å². The molecule has 0 aliphatic rings. The quantitative estimate of drug-likeness (QED) is 0.739. The van der Waals surface area contributed by atoms with E-state index in [9.17, 15) is 4.79 Å². The lowest BCUT2D eigenvalue weighted by molar-refractivity contribution is 0.102. The highest BCUT2D eigenvalue weighted by Crippen LogP contribution is 2.30. The van der Waals surface area contributed by atoms with Gasteiger partial charge in [-0.2, -0.15) is 0 Å². The summed E-state index contributed by atoms with van der Waals surface area (Å²) in [5, 5.41) is 4.98. The second-order valence-corrected chi connectivity index (χ2v) is 5.56. The maximum Gasteiger partial charge on any atom is 0.275 e. The average molecular weight is 363 g/mol. The molecule has 1 amide bonds. The van der Waals surface area contributed by atoms with Gasteiger partial charge in [0.15, 0.2) is 0 Å². The van der Waals surface area contributed by atoms with E-state index in [0.29, 0.717) is 5.69 Å². The Morgan fingerprint density at radius 3 is 2.62 bits per heavy atom. The van der Waals surface area contributed by atoms with Crippen LogP contribution in [0.5, 0.6) is 0 Å². The van der Waals surface area contributed by atoms with E-state index >= 15 is 0 Å². The molecule has 0 saturated carbocycles. The fourth-order valence-corrected chi connectivity index (χ4v) is 2.63. The molecule has 1 heterocycles. The monoisotopic (exact) mass is 361 g/mol. The van der Waals surface area contributed by atoms with Gasteiger partial charge in [-0.25, -0.2) is 4.98 Å². The molecule has 104 valence electrons. The number of anilines is 1. The fraction of sp³-hybridized carbons (Fsp3) is 0. The zero-order chi connectivity index (χ0) is 14.8. The maximum absolute atomic E-state index is 12.2. The number of carbonyl (C=O) groups excluding carboxylic acids is 1. The molecule has 2 aromatic carbocycles. The van der Waals surface area contributed by atoms with Crippen LogP contribution in [0.15, 0.2) is 53.3 Å². The van der Waals surface area contributed by atoms with Crippen molar-refractivity contribution in [3.05, 3.63) is 64.1 Å². The number of rotatable bonds is 2. The number of carbonyl (C=O) groups is 1. The van der Waals surface area contributed by atoms with Crippen molar-refractivity contribution in [1.29, 1.82) is 0 Å². The van der Waals surface area contributed by atoms with Crippen LogP contribution in [0.3, 0.4) is 0 Å². The Hall–Kier alpha value is -1.98. The van der Waals surface area contributed by atoms with E-state index in [4.69, 9.17) is 11.6 Å². The van der Waals surface area contributed by atoms with Crippen LogP contribution in [-0.4, -0.2) is 15.9 Å². The maximum atomic E-state index is 12.2. The number of nitrogens with one attached hydrogen (secondary N) is 1. The third kappa shape index (κ3) is 2.89. The summed E-state index contributed by atoms with van der Waals surface area (Å²) in [6.07, 6.45) is 2.76. The van der Waals surface area contributed by atoms with E-state index in [1.807, 2.05) is 36.4 Å². The number of amides is 1. The van der Waals surface area contributed by atoms with Crippen LogP contribution >= 0.6 is 27.5 Å². The molecule has 1 aromatic heterocycles. The van der Waals surface area contributed by atoms with E-state index in [-0.39, 0.29) is 16.8 Å². The van der Waals surface area contributed by atoms with Gasteiger partial charge in [-0.15, -0.1) is 0 Å². The summed E-state index contributed by atoms with van der Waals surface area (Å²) in [6.45, 7) is 0. The van der Waals surface area contributed by atoms with Crippen LogP contribution in [-0.2, 0) is 0 Å². The molecule has 4 nitrogen and oxygen atoms in total. The number of fused-ring (bicyclic) bond motifs is 1. The van der Waals surface area contributed by atoms with Crippen molar-refractivity contribution >= 4 is 49.9 Å². The zero-order valence-electron chi connectivity index (χ0n) is 10.7. The number of benzene rings is 2. The van der Waals surface area contributed by atoms with Gasteiger partial charge in [-0.3, -0.25) is 9.78 Å². The Labute approximate surface area is 134 Å². The van der Waals surface area contributed by atoms with E-state index < -0.39 is 0 Å². The summed E-state index contributed by atoms with van der Waals surface area (Å²) in [4.78, 5) is 20.0. The lowest BCUT2D eigenvalue weighted by Crippen LogP contribution is -2.14. The molecule has 21 heavy (non-hydrogen) atoms. The first-order valence-corrected chi connectivity index (χ1v) is 7.28. The van der Waals surface area contributed by atoms with Crippen LogP contribution in [0, 0.1) is 0 Å². The Morgan fingerprint density at radius 2 is 1.86 bits per heavy atom. The molecule has 6 heteroatoms. The standard InChI is InChI=1S/C15H9BrClN3O/c16-11-5-6-12(10-4-2-1-3-9(10)11)20-15(21)13-7-18-8-14(17)19-13/h1-8H,(H,20,21). The molecule has 0 aliphatic heterocycles. The highest BCUT2D eigenvalue weighted by Gasteiger charge is 2.11. The summed E-state index contributed by atoms with van der Waals surface area (Å²) in [5.74, 6) is -0.350. The van der Waals surface area contributed by atoms with Crippen LogP contribution in [0.25, 0.3) is 10.8 Å². The molecule has 3 rings (SSSR count). The van der Waals surface area contributed by atoms with Gasteiger partial charge in [-0.1, -0.05) is 51.8 Å². The zero-order valence-corrected chi connectivity index (χ0v) is 13.0. The van der Waals surface area contributed by atoms with Crippen LogP contribution in [0.2, 0.25) is 5.15 Å². The topological polar surface area (TPSA) is 54.9 Å². The lowest BCUT2D eigenvalue weighted by atomic mass is 10.1. The van der Waals surface area contributed by atoms with E-state index in [1.54, 1.807) is 0 Å². The smallest absolute Gasteiger partial charge is 0.275 e. The third-order valence-corrected chi connectivity index (χ3v) is 3.83. The summed E-state index contributed by atoms with van der Waals surface area (Å²) in [5.41, 5.74) is 0.884. The fourth-order valence-electron chi connectivity index (χ4n) is 2.01. The summed E-state index contributed by atoms with van der Waals surface area (Å²) in [6, 6.07) is 11.5. The van der Waals surface area contributed by atoms with Crippen LogP contribution < -0.4 is 5.32 Å². The normalized spacial score (nSPS) is 10.6. The van der Waals surface area contributed by atoms with Crippen molar-refractivity contribution in [3.63, 3.8) is 0 Å². The first kappa shape index (κ1) is 14.0. The Bertz CT molecular complexity index is 838. The lowest BCUT2D eigenvalue weighted by Gasteiger charge is -2.09. The van der Waals surface area contributed by atoms with Gasteiger partial charge in [0.2, 0.25) is 0 Å². The van der Waals surface area contributed by atoms with Gasteiger partial charge in [0.1, 0.15) is 10.8 Å². The van der Waals surface area contributed by atoms with Crippen molar-refractivity contribution in [2.24, 2.45) is 0 Å². The van der Waals surface area contributed by atoms with Crippen LogP contribution in [0.4, 0.5) is 5.69 Å². The van der Waals surface area contributed by atoms with Crippen molar-refractivity contribution < 1.29 is 4.79 Å². The molecule has 0 fully saturated rings. The van der Waals surface area contributed by atoms with Gasteiger partial charge in [0, 0.05) is 15.5 Å². The molecule has 3 aromatic rings. The summed E-state index contributed by atoms with van der Waals surface area (Å²) >= 11 is 9.25.